The van der Waals surface area contributed by atoms with Crippen molar-refractivity contribution in [1.29, 1.82) is 0 Å². The number of benzene rings is 3. The van der Waals surface area contributed by atoms with Gasteiger partial charge in [-0.15, -0.1) is 11.3 Å². The highest BCUT2D eigenvalue weighted by Gasteiger charge is 2.23. The molecule has 1 aromatic heterocycles. The summed E-state index contributed by atoms with van der Waals surface area (Å²) in [5.74, 6) is 0.390. The summed E-state index contributed by atoms with van der Waals surface area (Å²) in [6.07, 6.45) is 2.78. The number of nitrogens with zero attached hydrogens (tertiary/aromatic N) is 1. The largest absolute Gasteiger partial charge is 0.485 e. The molecule has 4 rings (SSSR count). The first-order valence-electron chi connectivity index (χ1n) is 12.8. The van der Waals surface area contributed by atoms with E-state index < -0.39 is 5.97 Å². The van der Waals surface area contributed by atoms with Crippen LogP contribution in [0.25, 0.3) is 11.3 Å². The van der Waals surface area contributed by atoms with Crippen LogP contribution in [0.2, 0.25) is 0 Å². The highest BCUT2D eigenvalue weighted by atomic mass is 32.1. The third-order valence-corrected chi connectivity index (χ3v) is 7.58. The number of carboxylic acids is 1. The van der Waals surface area contributed by atoms with E-state index in [0.29, 0.717) is 12.3 Å². The van der Waals surface area contributed by atoms with Gasteiger partial charge in [-0.2, -0.15) is 0 Å². The minimum Gasteiger partial charge on any atom is -0.485 e. The van der Waals surface area contributed by atoms with Crippen LogP contribution in [0, 0.1) is 5.92 Å². The lowest BCUT2D eigenvalue weighted by Crippen LogP contribution is -2.28. The first kappa shape index (κ1) is 26.6. The number of hydrogen-bond acceptors (Lipinski definition) is 5. The van der Waals surface area contributed by atoms with Crippen LogP contribution in [0.4, 0.5) is 0 Å². The van der Waals surface area contributed by atoms with Crippen molar-refractivity contribution in [2.75, 3.05) is 6.54 Å². The molecule has 0 bridgehead atoms. The van der Waals surface area contributed by atoms with Crippen molar-refractivity contribution in [2.45, 2.75) is 45.3 Å². The second-order valence-corrected chi connectivity index (χ2v) is 10.0. The molecular weight excluding hydrogens is 480 g/mol. The summed E-state index contributed by atoms with van der Waals surface area (Å²) in [5.41, 5.74) is 4.21. The van der Waals surface area contributed by atoms with Gasteiger partial charge in [-0.05, 0) is 60.6 Å². The summed E-state index contributed by atoms with van der Waals surface area (Å²) < 4.78 is 6.52. The average molecular weight is 515 g/mol. The lowest BCUT2D eigenvalue weighted by atomic mass is 9.91. The molecule has 0 amide bonds. The van der Waals surface area contributed by atoms with Gasteiger partial charge in [-0.25, -0.2) is 4.98 Å². The molecule has 0 saturated heterocycles. The average Bonchev–Trinajstić information content (AvgIpc) is 3.43. The Hall–Kier alpha value is -3.48. The normalized spacial score (nSPS) is 12.8. The zero-order valence-electron chi connectivity index (χ0n) is 21.3. The molecule has 0 radical (unpaired) electrons. The van der Waals surface area contributed by atoms with Crippen molar-refractivity contribution < 1.29 is 14.6 Å². The summed E-state index contributed by atoms with van der Waals surface area (Å²) in [6.45, 7) is 4.32. The number of carbonyl (C=O) groups is 1. The van der Waals surface area contributed by atoms with Gasteiger partial charge >= 0.3 is 5.97 Å². The van der Waals surface area contributed by atoms with E-state index >= 15 is 0 Å². The van der Waals surface area contributed by atoms with Crippen molar-refractivity contribution in [3.05, 3.63) is 106 Å². The minimum absolute atomic E-state index is 0.00646. The number of carboxylic acid groups (broad SMARTS) is 1. The van der Waals surface area contributed by atoms with Gasteiger partial charge in [0, 0.05) is 10.9 Å². The Bertz CT molecular complexity index is 1240. The maximum absolute atomic E-state index is 11.2. The molecule has 6 heteroatoms. The molecule has 0 spiro atoms. The van der Waals surface area contributed by atoms with Crippen LogP contribution in [-0.2, 0) is 11.2 Å². The molecule has 192 valence electrons. The third kappa shape index (κ3) is 7.28. The molecule has 4 aromatic rings. The molecule has 37 heavy (non-hydrogen) atoms. The van der Waals surface area contributed by atoms with Gasteiger partial charge in [0.25, 0.3) is 0 Å². The van der Waals surface area contributed by atoms with E-state index in [9.17, 15) is 9.90 Å². The highest BCUT2D eigenvalue weighted by Crippen LogP contribution is 2.34. The fourth-order valence-corrected chi connectivity index (χ4v) is 5.44. The maximum Gasteiger partial charge on any atom is 0.317 e. The number of thiazole rings is 1. The Morgan fingerprint density at radius 1 is 0.946 bits per heavy atom. The topological polar surface area (TPSA) is 71.5 Å². The Morgan fingerprint density at radius 3 is 2.22 bits per heavy atom. The van der Waals surface area contributed by atoms with Gasteiger partial charge in [-0.1, -0.05) is 74.5 Å². The van der Waals surface area contributed by atoms with Gasteiger partial charge in [0.2, 0.25) is 0 Å². The van der Waals surface area contributed by atoms with Gasteiger partial charge in [0.1, 0.15) is 16.9 Å². The van der Waals surface area contributed by atoms with Crippen LogP contribution in [0.5, 0.6) is 5.75 Å². The molecular formula is C31H34N2O3S. The molecule has 0 saturated carbocycles. The Labute approximate surface area is 223 Å². The van der Waals surface area contributed by atoms with Gasteiger partial charge in [0.05, 0.1) is 18.3 Å². The maximum atomic E-state index is 11.2. The van der Waals surface area contributed by atoms with Crippen molar-refractivity contribution in [2.24, 2.45) is 5.92 Å². The highest BCUT2D eigenvalue weighted by molar-refractivity contribution is 7.10. The van der Waals surface area contributed by atoms with E-state index in [4.69, 9.17) is 9.72 Å². The zero-order chi connectivity index (χ0) is 26.0. The summed E-state index contributed by atoms with van der Waals surface area (Å²) in [4.78, 5) is 16.1. The fourth-order valence-electron chi connectivity index (χ4n) is 4.53. The summed E-state index contributed by atoms with van der Waals surface area (Å²) >= 11 is 1.55. The Kier molecular flexibility index (Phi) is 9.46. The van der Waals surface area contributed by atoms with Gasteiger partial charge in [0.15, 0.2) is 0 Å². The molecule has 5 nitrogen and oxygen atoms in total. The van der Waals surface area contributed by atoms with Crippen LogP contribution in [0.3, 0.4) is 0 Å². The molecule has 2 N–H and O–H groups in total. The minimum atomic E-state index is -0.882. The lowest BCUT2D eigenvalue weighted by Gasteiger charge is -2.27. The fraction of sp³-hybridized carbons (Fsp3) is 0.290. The number of ether oxygens (including phenoxy) is 1. The van der Waals surface area contributed by atoms with E-state index in [1.165, 1.54) is 5.56 Å². The number of nitrogens with one attached hydrogen (secondary N) is 1. The molecule has 2 atom stereocenters. The predicted molar refractivity (Wildman–Crippen MR) is 150 cm³/mol. The molecule has 0 aliphatic heterocycles. The van der Waals surface area contributed by atoms with Crippen LogP contribution in [-0.4, -0.2) is 22.6 Å². The van der Waals surface area contributed by atoms with Crippen LogP contribution >= 0.6 is 11.3 Å². The summed E-state index contributed by atoms with van der Waals surface area (Å²) in [5, 5.41) is 15.2. The monoisotopic (exact) mass is 514 g/mol. The number of aromatic nitrogens is 1. The van der Waals surface area contributed by atoms with Crippen molar-refractivity contribution >= 4 is 17.3 Å². The number of aliphatic carboxylic acids is 1. The predicted octanol–water partition coefficient (Wildman–Crippen LogP) is 7.32. The number of rotatable bonds is 13. The van der Waals surface area contributed by atoms with Crippen LogP contribution < -0.4 is 10.1 Å². The quantitative estimate of drug-likeness (QED) is 0.195. The van der Waals surface area contributed by atoms with Crippen molar-refractivity contribution in [1.82, 2.24) is 10.3 Å². The smallest absolute Gasteiger partial charge is 0.317 e. The van der Waals surface area contributed by atoms with E-state index in [2.05, 4.69) is 43.4 Å². The third-order valence-electron chi connectivity index (χ3n) is 6.62. The van der Waals surface area contributed by atoms with E-state index in [1.807, 2.05) is 66.0 Å². The molecule has 0 aliphatic carbocycles. The van der Waals surface area contributed by atoms with E-state index in [0.717, 1.165) is 40.4 Å². The summed E-state index contributed by atoms with van der Waals surface area (Å²) in [6, 6.07) is 28.4. The first-order valence-corrected chi connectivity index (χ1v) is 13.7. The van der Waals surface area contributed by atoms with Crippen LogP contribution in [0.1, 0.15) is 55.0 Å². The number of hydrogen-bond donors (Lipinski definition) is 2. The molecule has 3 aromatic carbocycles. The standard InChI is InChI=1S/C31H34N2O3S/c1-3-23(4-2)30(25-13-9-6-10-14-25)36-26-17-15-24(16-18-26)28-21-37-31(33-28)27(32-20-29(34)35)19-22-11-7-5-8-12-22/h5-18,21,23,27,30,32H,3-4,19-20H2,1-2H3,(H,34,35). The van der Waals surface area contributed by atoms with E-state index in [-0.39, 0.29) is 18.7 Å². The lowest BCUT2D eigenvalue weighted by molar-refractivity contribution is -0.136. The summed E-state index contributed by atoms with van der Waals surface area (Å²) in [7, 11) is 0. The Balaban J connectivity index is 1.50. The molecule has 0 aliphatic rings. The zero-order valence-corrected chi connectivity index (χ0v) is 22.2. The van der Waals surface area contributed by atoms with Gasteiger partial charge < -0.3 is 9.84 Å². The van der Waals surface area contributed by atoms with Gasteiger partial charge in [-0.3, -0.25) is 10.1 Å². The Morgan fingerprint density at radius 2 is 1.59 bits per heavy atom. The SMILES string of the molecule is CCC(CC)C(Oc1ccc(-c2csc(C(Cc3ccccc3)NCC(=O)O)n2)cc1)c1ccccc1. The first-order chi connectivity index (χ1) is 18.1. The second kappa shape index (κ2) is 13.2. The van der Waals surface area contributed by atoms with E-state index in [1.54, 1.807) is 11.3 Å². The van der Waals surface area contributed by atoms with Crippen molar-refractivity contribution in [3.8, 4) is 17.0 Å². The molecule has 1 heterocycles. The van der Waals surface area contributed by atoms with Crippen LogP contribution in [0.15, 0.2) is 90.3 Å². The van der Waals surface area contributed by atoms with Crippen molar-refractivity contribution in [3.63, 3.8) is 0 Å². The molecule has 0 fully saturated rings. The molecule has 2 unspecified atom stereocenters. The second-order valence-electron chi connectivity index (χ2n) is 9.14.